The number of nitrogens with one attached hydrogen (secondary N) is 1. The second kappa shape index (κ2) is 8.12. The zero-order chi connectivity index (χ0) is 14.3. The molecule has 0 saturated carbocycles. The minimum atomic E-state index is -0.190. The van der Waals surface area contributed by atoms with Gasteiger partial charge in [0.05, 0.1) is 6.61 Å². The van der Waals surface area contributed by atoms with Crippen LogP contribution in [0.25, 0.3) is 0 Å². The van der Waals surface area contributed by atoms with Gasteiger partial charge in [-0.25, -0.2) is 4.39 Å². The molecule has 1 unspecified atom stereocenters. The minimum Gasteiger partial charge on any atom is -0.395 e. The molecule has 1 atom stereocenters. The first-order chi connectivity index (χ1) is 9.15. The van der Waals surface area contributed by atoms with Gasteiger partial charge in [-0.2, -0.15) is 0 Å². The summed E-state index contributed by atoms with van der Waals surface area (Å²) in [6, 6.07) is 5.10. The summed E-state index contributed by atoms with van der Waals surface area (Å²) in [6.07, 6.45) is 1.02. The van der Waals surface area contributed by atoms with Gasteiger partial charge in [0.15, 0.2) is 0 Å². The van der Waals surface area contributed by atoms with Crippen LogP contribution in [-0.4, -0.2) is 31.3 Å². The molecule has 0 bridgehead atoms. The maximum Gasteiger partial charge on any atom is 0.130 e. The molecule has 0 heterocycles. The van der Waals surface area contributed by atoms with E-state index in [0.29, 0.717) is 12.1 Å². The first kappa shape index (κ1) is 15.9. The monoisotopic (exact) mass is 268 g/mol. The van der Waals surface area contributed by atoms with Crippen LogP contribution in [0.2, 0.25) is 0 Å². The molecule has 0 aromatic heterocycles. The zero-order valence-corrected chi connectivity index (χ0v) is 12.1. The van der Waals surface area contributed by atoms with Gasteiger partial charge in [0.25, 0.3) is 0 Å². The van der Waals surface area contributed by atoms with Gasteiger partial charge in [-0.1, -0.05) is 13.0 Å². The van der Waals surface area contributed by atoms with Crippen LogP contribution in [0.15, 0.2) is 18.2 Å². The highest BCUT2D eigenvalue weighted by Crippen LogP contribution is 2.28. The van der Waals surface area contributed by atoms with Crippen LogP contribution in [0.1, 0.15) is 38.8 Å². The van der Waals surface area contributed by atoms with E-state index in [2.05, 4.69) is 12.2 Å². The van der Waals surface area contributed by atoms with E-state index in [9.17, 15) is 4.39 Å². The molecule has 19 heavy (non-hydrogen) atoms. The van der Waals surface area contributed by atoms with Crippen LogP contribution < -0.4 is 10.2 Å². The highest BCUT2D eigenvalue weighted by Gasteiger charge is 2.18. The Bertz CT molecular complexity index is 384. The van der Waals surface area contributed by atoms with E-state index in [0.717, 1.165) is 25.2 Å². The van der Waals surface area contributed by atoms with Crippen LogP contribution in [0.3, 0.4) is 0 Å². The lowest BCUT2D eigenvalue weighted by Gasteiger charge is -2.27. The van der Waals surface area contributed by atoms with E-state index >= 15 is 0 Å². The Morgan fingerprint density at radius 1 is 1.37 bits per heavy atom. The van der Waals surface area contributed by atoms with Crippen LogP contribution in [0.4, 0.5) is 10.1 Å². The molecular formula is C15H25FN2O. The van der Waals surface area contributed by atoms with E-state index in [1.807, 2.05) is 24.8 Å². The summed E-state index contributed by atoms with van der Waals surface area (Å²) in [7, 11) is 0. The van der Waals surface area contributed by atoms with Crippen LogP contribution >= 0.6 is 0 Å². The van der Waals surface area contributed by atoms with Gasteiger partial charge in [0.1, 0.15) is 5.82 Å². The predicted octanol–water partition coefficient (Wildman–Crippen LogP) is 2.70. The molecule has 2 N–H and O–H groups in total. The summed E-state index contributed by atoms with van der Waals surface area (Å²) in [6.45, 7) is 8.28. The molecule has 3 nitrogen and oxygen atoms in total. The normalized spacial score (nSPS) is 12.5. The van der Waals surface area contributed by atoms with Crippen LogP contribution in [-0.2, 0) is 0 Å². The number of likely N-dealkylation sites (N-methyl/N-ethyl adjacent to an activating group) is 1. The summed E-state index contributed by atoms with van der Waals surface area (Å²) >= 11 is 0. The van der Waals surface area contributed by atoms with Crippen LogP contribution in [0.5, 0.6) is 0 Å². The third-order valence-electron chi connectivity index (χ3n) is 3.26. The first-order valence-corrected chi connectivity index (χ1v) is 7.03. The number of hydrogen-bond donors (Lipinski definition) is 2. The van der Waals surface area contributed by atoms with Gasteiger partial charge >= 0.3 is 0 Å². The Kier molecular flexibility index (Phi) is 6.81. The highest BCUT2D eigenvalue weighted by molar-refractivity contribution is 5.55. The average molecular weight is 268 g/mol. The fourth-order valence-electron chi connectivity index (χ4n) is 2.26. The maximum atomic E-state index is 14.1. The van der Waals surface area contributed by atoms with Gasteiger partial charge in [0, 0.05) is 30.4 Å². The summed E-state index contributed by atoms with van der Waals surface area (Å²) in [4.78, 5) is 2.00. The van der Waals surface area contributed by atoms with Gasteiger partial charge in [-0.15, -0.1) is 0 Å². The Morgan fingerprint density at radius 3 is 2.68 bits per heavy atom. The molecule has 0 saturated heterocycles. The molecule has 0 aliphatic heterocycles. The fraction of sp³-hybridized carbons (Fsp3) is 0.600. The third kappa shape index (κ3) is 4.18. The van der Waals surface area contributed by atoms with Crippen molar-refractivity contribution >= 4 is 5.69 Å². The van der Waals surface area contributed by atoms with Crippen molar-refractivity contribution in [2.75, 3.05) is 31.1 Å². The number of aliphatic hydroxyl groups excluding tert-OH is 1. The molecule has 1 rings (SSSR count). The van der Waals surface area contributed by atoms with Crippen molar-refractivity contribution in [3.8, 4) is 0 Å². The molecule has 1 aromatic rings. The second-order valence-corrected chi connectivity index (χ2v) is 4.65. The maximum absolute atomic E-state index is 14.1. The Hall–Kier alpha value is -1.13. The number of nitrogens with zero attached hydrogens (tertiary/aromatic N) is 1. The van der Waals surface area contributed by atoms with Gasteiger partial charge in [-0.3, -0.25) is 0 Å². The molecule has 0 aliphatic rings. The van der Waals surface area contributed by atoms with Crippen molar-refractivity contribution in [1.82, 2.24) is 5.32 Å². The van der Waals surface area contributed by atoms with Crippen molar-refractivity contribution in [2.45, 2.75) is 33.2 Å². The number of hydrogen-bond acceptors (Lipinski definition) is 3. The van der Waals surface area contributed by atoms with Crippen molar-refractivity contribution in [3.63, 3.8) is 0 Å². The Morgan fingerprint density at radius 2 is 2.11 bits per heavy atom. The highest BCUT2D eigenvalue weighted by atomic mass is 19.1. The summed E-state index contributed by atoms with van der Waals surface area (Å²) in [5, 5.41) is 12.4. The molecular weight excluding hydrogens is 243 g/mol. The van der Waals surface area contributed by atoms with Crippen molar-refractivity contribution in [3.05, 3.63) is 29.6 Å². The SMILES string of the molecule is CCCNC(C)c1c(F)cccc1N(CC)CCO. The summed E-state index contributed by atoms with van der Waals surface area (Å²) in [5.41, 5.74) is 1.55. The number of halogens is 1. The largest absolute Gasteiger partial charge is 0.395 e. The Balaban J connectivity index is 3.06. The zero-order valence-electron chi connectivity index (χ0n) is 12.1. The summed E-state index contributed by atoms with van der Waals surface area (Å²) in [5.74, 6) is -0.190. The van der Waals surface area contributed by atoms with Gasteiger partial charge in [0.2, 0.25) is 0 Å². The quantitative estimate of drug-likeness (QED) is 0.761. The van der Waals surface area contributed by atoms with E-state index in [1.165, 1.54) is 6.07 Å². The van der Waals surface area contributed by atoms with E-state index in [4.69, 9.17) is 5.11 Å². The second-order valence-electron chi connectivity index (χ2n) is 4.65. The lowest BCUT2D eigenvalue weighted by atomic mass is 10.0. The molecule has 4 heteroatoms. The van der Waals surface area contributed by atoms with Crippen molar-refractivity contribution in [1.29, 1.82) is 0 Å². The number of rotatable bonds is 8. The molecule has 0 aliphatic carbocycles. The molecule has 0 fully saturated rings. The van der Waals surface area contributed by atoms with E-state index < -0.39 is 0 Å². The lowest BCUT2D eigenvalue weighted by Crippen LogP contribution is -2.30. The van der Waals surface area contributed by atoms with Crippen LogP contribution in [0, 0.1) is 5.82 Å². The third-order valence-corrected chi connectivity index (χ3v) is 3.26. The van der Waals surface area contributed by atoms with Gasteiger partial charge in [-0.05, 0) is 38.9 Å². The molecule has 108 valence electrons. The lowest BCUT2D eigenvalue weighted by molar-refractivity contribution is 0.302. The molecule has 0 amide bonds. The smallest absolute Gasteiger partial charge is 0.130 e. The standard InChI is InChI=1S/C15H25FN2O/c1-4-9-17-12(3)15-13(16)7-6-8-14(15)18(5-2)10-11-19/h6-8,12,17,19H,4-5,9-11H2,1-3H3. The number of anilines is 1. The van der Waals surface area contributed by atoms with Gasteiger partial charge < -0.3 is 15.3 Å². The Labute approximate surface area is 115 Å². The van der Waals surface area contributed by atoms with E-state index in [-0.39, 0.29) is 18.5 Å². The molecule has 1 aromatic carbocycles. The molecule has 0 spiro atoms. The summed E-state index contributed by atoms with van der Waals surface area (Å²) < 4.78 is 14.1. The minimum absolute atomic E-state index is 0.0381. The topological polar surface area (TPSA) is 35.5 Å². The molecule has 0 radical (unpaired) electrons. The average Bonchev–Trinajstić information content (AvgIpc) is 2.41. The predicted molar refractivity (Wildman–Crippen MR) is 78.1 cm³/mol. The van der Waals surface area contributed by atoms with E-state index in [1.54, 1.807) is 6.07 Å². The van der Waals surface area contributed by atoms with Crippen molar-refractivity contribution < 1.29 is 9.50 Å². The van der Waals surface area contributed by atoms with Crippen molar-refractivity contribution in [2.24, 2.45) is 0 Å². The number of benzene rings is 1. The fourth-order valence-corrected chi connectivity index (χ4v) is 2.26. The number of aliphatic hydroxyl groups is 1. The first-order valence-electron chi connectivity index (χ1n) is 7.03.